The number of aromatic nitrogens is 2. The summed E-state index contributed by atoms with van der Waals surface area (Å²) in [5.41, 5.74) is 0.870. The highest BCUT2D eigenvalue weighted by Crippen LogP contribution is 2.22. The Morgan fingerprint density at radius 2 is 1.88 bits per heavy atom. The van der Waals surface area contributed by atoms with Crippen LogP contribution in [0.15, 0.2) is 64.3 Å². The predicted octanol–water partition coefficient (Wildman–Crippen LogP) is 3.91. The molecule has 3 rings (SSSR count). The van der Waals surface area contributed by atoms with Gasteiger partial charge in [-0.2, -0.15) is 0 Å². The first-order valence-corrected chi connectivity index (χ1v) is 8.18. The Morgan fingerprint density at radius 1 is 1.12 bits per heavy atom. The Kier molecular flexibility index (Phi) is 5.23. The predicted molar refractivity (Wildman–Crippen MR) is 92.4 cm³/mol. The molecule has 4 nitrogen and oxygen atoms in total. The van der Waals surface area contributed by atoms with Crippen molar-refractivity contribution in [2.45, 2.75) is 13.2 Å². The second-order valence-corrected chi connectivity index (χ2v) is 6.10. The second-order valence-electron chi connectivity index (χ2n) is 5.31. The van der Waals surface area contributed by atoms with E-state index < -0.39 is 11.6 Å². The van der Waals surface area contributed by atoms with E-state index in [0.29, 0.717) is 12.3 Å². The van der Waals surface area contributed by atoms with Gasteiger partial charge in [0.15, 0.2) is 0 Å². The molecule has 0 saturated heterocycles. The number of pyridine rings is 2. The SMILES string of the molecule is O=c1c(Br)c(OCc2ccc(F)cc2F)ccn1Cc1ccncc1. The van der Waals surface area contributed by atoms with Crippen LogP contribution < -0.4 is 10.3 Å². The highest BCUT2D eigenvalue weighted by atomic mass is 79.9. The van der Waals surface area contributed by atoms with Gasteiger partial charge in [-0.3, -0.25) is 9.78 Å². The number of nitrogens with zero attached hydrogens (tertiary/aromatic N) is 2. The molecule has 25 heavy (non-hydrogen) atoms. The van der Waals surface area contributed by atoms with Crippen molar-refractivity contribution in [3.8, 4) is 5.75 Å². The first kappa shape index (κ1) is 17.3. The first-order valence-electron chi connectivity index (χ1n) is 7.39. The largest absolute Gasteiger partial charge is 0.487 e. The van der Waals surface area contributed by atoms with E-state index in [0.717, 1.165) is 17.7 Å². The van der Waals surface area contributed by atoms with Crippen LogP contribution in [0.25, 0.3) is 0 Å². The van der Waals surface area contributed by atoms with Gasteiger partial charge in [0.05, 0.1) is 6.54 Å². The van der Waals surface area contributed by atoms with Crippen LogP contribution in [0.5, 0.6) is 5.75 Å². The van der Waals surface area contributed by atoms with Crippen LogP contribution >= 0.6 is 15.9 Å². The van der Waals surface area contributed by atoms with Gasteiger partial charge in [0.25, 0.3) is 5.56 Å². The lowest BCUT2D eigenvalue weighted by Gasteiger charge is -2.11. The van der Waals surface area contributed by atoms with Crippen molar-refractivity contribution in [3.63, 3.8) is 0 Å². The van der Waals surface area contributed by atoms with Crippen molar-refractivity contribution in [1.29, 1.82) is 0 Å². The monoisotopic (exact) mass is 406 g/mol. The summed E-state index contributed by atoms with van der Waals surface area (Å²) in [4.78, 5) is 16.3. The Balaban J connectivity index is 1.77. The highest BCUT2D eigenvalue weighted by Gasteiger charge is 2.11. The van der Waals surface area contributed by atoms with E-state index in [9.17, 15) is 13.6 Å². The lowest BCUT2D eigenvalue weighted by atomic mass is 10.2. The third-order valence-corrected chi connectivity index (χ3v) is 4.30. The summed E-state index contributed by atoms with van der Waals surface area (Å²) in [5.74, 6) is -1.05. The van der Waals surface area contributed by atoms with Gasteiger partial charge in [-0.1, -0.05) is 0 Å². The second kappa shape index (κ2) is 7.57. The minimum absolute atomic E-state index is 0.113. The molecule has 0 unspecified atom stereocenters. The van der Waals surface area contributed by atoms with E-state index in [4.69, 9.17) is 4.74 Å². The Hall–Kier alpha value is -2.54. The minimum atomic E-state index is -0.692. The number of ether oxygens (including phenoxy) is 1. The van der Waals surface area contributed by atoms with Gasteiger partial charge in [0.2, 0.25) is 0 Å². The first-order chi connectivity index (χ1) is 12.0. The standard InChI is InChI=1S/C18H13BrF2N2O2/c19-17-16(25-11-13-1-2-14(20)9-15(13)21)5-8-23(18(17)24)10-12-3-6-22-7-4-12/h1-9H,10-11H2. The van der Waals surface area contributed by atoms with Gasteiger partial charge < -0.3 is 9.30 Å². The molecule has 0 spiro atoms. The fourth-order valence-corrected chi connectivity index (χ4v) is 2.72. The lowest BCUT2D eigenvalue weighted by Crippen LogP contribution is -2.21. The summed E-state index contributed by atoms with van der Waals surface area (Å²) < 4.78 is 33.8. The maximum absolute atomic E-state index is 13.6. The summed E-state index contributed by atoms with van der Waals surface area (Å²) >= 11 is 3.22. The smallest absolute Gasteiger partial charge is 0.268 e. The van der Waals surface area contributed by atoms with Gasteiger partial charge in [-0.05, 0) is 51.8 Å². The van der Waals surface area contributed by atoms with Crippen LogP contribution in [0.2, 0.25) is 0 Å². The van der Waals surface area contributed by atoms with E-state index in [1.165, 1.54) is 10.6 Å². The van der Waals surface area contributed by atoms with Crippen LogP contribution in [0.4, 0.5) is 8.78 Å². The molecule has 0 atom stereocenters. The molecule has 0 N–H and O–H groups in total. The number of halogens is 3. The molecule has 1 aromatic carbocycles. The summed E-state index contributed by atoms with van der Waals surface area (Å²) in [5, 5.41) is 0. The number of benzene rings is 1. The van der Waals surface area contributed by atoms with Gasteiger partial charge in [-0.25, -0.2) is 8.78 Å². The zero-order valence-corrected chi connectivity index (χ0v) is 14.5. The van der Waals surface area contributed by atoms with Gasteiger partial charge in [0.1, 0.15) is 28.5 Å². The van der Waals surface area contributed by atoms with E-state index in [-0.39, 0.29) is 22.2 Å². The fourth-order valence-electron chi connectivity index (χ4n) is 2.25. The molecule has 0 aliphatic rings. The van der Waals surface area contributed by atoms with Gasteiger partial charge in [0, 0.05) is 30.2 Å². The van der Waals surface area contributed by atoms with Crippen LogP contribution in [0.1, 0.15) is 11.1 Å². The maximum Gasteiger partial charge on any atom is 0.268 e. The zero-order valence-electron chi connectivity index (χ0n) is 13.0. The van der Waals surface area contributed by atoms with Crippen molar-refractivity contribution < 1.29 is 13.5 Å². The average Bonchev–Trinajstić information content (AvgIpc) is 2.61. The Morgan fingerprint density at radius 3 is 2.60 bits per heavy atom. The highest BCUT2D eigenvalue weighted by molar-refractivity contribution is 9.10. The van der Waals surface area contributed by atoms with E-state index in [1.807, 2.05) is 12.1 Å². The molecule has 2 aromatic heterocycles. The maximum atomic E-state index is 13.6. The molecule has 0 bridgehead atoms. The topological polar surface area (TPSA) is 44.1 Å². The van der Waals surface area contributed by atoms with E-state index in [1.54, 1.807) is 24.7 Å². The van der Waals surface area contributed by atoms with E-state index in [2.05, 4.69) is 20.9 Å². The molecule has 128 valence electrons. The zero-order chi connectivity index (χ0) is 17.8. The Bertz CT molecular complexity index is 946. The van der Waals surface area contributed by atoms with Crippen LogP contribution in [0.3, 0.4) is 0 Å². The third kappa shape index (κ3) is 4.11. The molecule has 0 amide bonds. The molecular weight excluding hydrogens is 394 g/mol. The van der Waals surface area contributed by atoms with Crippen molar-refractivity contribution in [1.82, 2.24) is 9.55 Å². The molecule has 0 radical (unpaired) electrons. The van der Waals surface area contributed by atoms with Gasteiger partial charge >= 0.3 is 0 Å². The van der Waals surface area contributed by atoms with Crippen molar-refractivity contribution in [2.24, 2.45) is 0 Å². The van der Waals surface area contributed by atoms with E-state index >= 15 is 0 Å². The molecular formula is C18H13BrF2N2O2. The molecule has 3 aromatic rings. The molecule has 0 aliphatic heterocycles. The summed E-state index contributed by atoms with van der Waals surface area (Å²) in [6.07, 6.45) is 4.91. The molecule has 0 saturated carbocycles. The average molecular weight is 407 g/mol. The molecule has 7 heteroatoms. The summed E-state index contributed by atoms with van der Waals surface area (Å²) in [6.45, 7) is 0.283. The quantitative estimate of drug-likeness (QED) is 0.644. The van der Waals surface area contributed by atoms with Crippen molar-refractivity contribution in [3.05, 3.63) is 92.6 Å². The van der Waals surface area contributed by atoms with Crippen LogP contribution in [-0.2, 0) is 13.2 Å². The number of rotatable bonds is 5. The van der Waals surface area contributed by atoms with Crippen LogP contribution in [0, 0.1) is 11.6 Å². The molecule has 2 heterocycles. The molecule has 0 aliphatic carbocycles. The summed E-state index contributed by atoms with van der Waals surface area (Å²) in [7, 11) is 0. The third-order valence-electron chi connectivity index (χ3n) is 3.57. The van der Waals surface area contributed by atoms with Crippen molar-refractivity contribution >= 4 is 15.9 Å². The van der Waals surface area contributed by atoms with Crippen LogP contribution in [-0.4, -0.2) is 9.55 Å². The lowest BCUT2D eigenvalue weighted by molar-refractivity contribution is 0.296. The van der Waals surface area contributed by atoms with Crippen molar-refractivity contribution in [2.75, 3.05) is 0 Å². The summed E-state index contributed by atoms with van der Waals surface area (Å²) in [6, 6.07) is 8.52. The number of hydrogen-bond acceptors (Lipinski definition) is 3. The number of hydrogen-bond donors (Lipinski definition) is 0. The normalized spacial score (nSPS) is 10.7. The molecule has 0 fully saturated rings. The minimum Gasteiger partial charge on any atom is -0.487 e. The Labute approximate surface area is 150 Å². The van der Waals surface area contributed by atoms with Gasteiger partial charge in [-0.15, -0.1) is 0 Å². The fraction of sp³-hybridized carbons (Fsp3) is 0.111.